The highest BCUT2D eigenvalue weighted by molar-refractivity contribution is 6.12. The number of methoxy groups -OCH3 is 1. The molecule has 40 heavy (non-hydrogen) atoms. The van der Waals surface area contributed by atoms with Crippen molar-refractivity contribution < 1.29 is 34.0 Å². The first kappa shape index (κ1) is 32.8. The monoisotopic (exact) mass is 573 g/mol. The number of ether oxygens (including phenoxy) is 4. The van der Waals surface area contributed by atoms with Gasteiger partial charge in [0.15, 0.2) is 5.78 Å². The molecular formula is C31H40ClNO7. The predicted octanol–water partition coefficient (Wildman–Crippen LogP) is 5.73. The zero-order chi connectivity index (χ0) is 27.9. The summed E-state index contributed by atoms with van der Waals surface area (Å²) < 4.78 is 21.7. The van der Waals surface area contributed by atoms with E-state index in [2.05, 4.69) is 11.8 Å². The van der Waals surface area contributed by atoms with Crippen molar-refractivity contribution in [2.75, 3.05) is 53.2 Å². The van der Waals surface area contributed by atoms with Gasteiger partial charge in [-0.15, -0.1) is 12.4 Å². The quantitative estimate of drug-likeness (QED) is 0.209. The summed E-state index contributed by atoms with van der Waals surface area (Å²) >= 11 is 0. The fourth-order valence-corrected chi connectivity index (χ4v) is 3.91. The number of carbonyl (C=O) groups is 1. The summed E-state index contributed by atoms with van der Waals surface area (Å²) in [7, 11) is 1.47. The first-order chi connectivity index (χ1) is 19.0. The Kier molecular flexibility index (Phi) is 14.7. The Hall–Kier alpha value is -3.46. The van der Waals surface area contributed by atoms with E-state index in [4.69, 9.17) is 18.9 Å². The zero-order valence-electron chi connectivity index (χ0n) is 23.2. The number of ketones is 1. The second kappa shape index (κ2) is 18.0. The maximum atomic E-state index is 12.1. The summed E-state index contributed by atoms with van der Waals surface area (Å²) in [5.41, 5.74) is 0.273. The molecule has 0 radical (unpaired) electrons. The molecule has 1 heterocycles. The molecule has 0 saturated carbocycles. The molecule has 2 N–H and O–H groups in total. The molecule has 0 aromatic heterocycles. The fraction of sp³-hybridized carbons (Fsp3) is 0.387. The Bertz CT molecular complexity index is 1150. The molecule has 0 atom stereocenters. The van der Waals surface area contributed by atoms with Gasteiger partial charge in [-0.1, -0.05) is 25.5 Å². The summed E-state index contributed by atoms with van der Waals surface area (Å²) in [6.45, 7) is 8.61. The normalized spacial score (nSPS) is 12.8. The molecule has 0 unspecified atom stereocenters. The first-order valence-corrected chi connectivity index (χ1v) is 13.4. The smallest absolute Gasteiger partial charge is 0.200 e. The van der Waals surface area contributed by atoms with Crippen LogP contribution < -0.4 is 14.2 Å². The molecule has 0 amide bonds. The minimum absolute atomic E-state index is 0. The van der Waals surface area contributed by atoms with E-state index in [-0.39, 0.29) is 35.0 Å². The number of benzene rings is 3. The minimum Gasteiger partial charge on any atom is -0.507 e. The molecule has 4 rings (SSSR count). The average Bonchev–Trinajstić information content (AvgIpc) is 2.97. The summed E-state index contributed by atoms with van der Waals surface area (Å²) in [6, 6.07) is 18.5. The molecule has 1 fully saturated rings. The maximum Gasteiger partial charge on any atom is 0.200 e. The second-order valence-corrected chi connectivity index (χ2v) is 9.06. The number of rotatable bonds is 12. The van der Waals surface area contributed by atoms with Crippen molar-refractivity contribution >= 4 is 18.2 Å². The molecule has 218 valence electrons. The Morgan fingerprint density at radius 3 is 1.98 bits per heavy atom. The number of hydrogen-bond acceptors (Lipinski definition) is 8. The fourth-order valence-electron chi connectivity index (χ4n) is 3.91. The van der Waals surface area contributed by atoms with E-state index < -0.39 is 5.78 Å². The van der Waals surface area contributed by atoms with Gasteiger partial charge in [0.2, 0.25) is 0 Å². The highest BCUT2D eigenvalue weighted by Crippen LogP contribution is 2.28. The molecule has 1 aliphatic heterocycles. The molecule has 8 nitrogen and oxygen atoms in total. The van der Waals surface area contributed by atoms with E-state index >= 15 is 0 Å². The van der Waals surface area contributed by atoms with Gasteiger partial charge in [0.05, 0.1) is 44.7 Å². The summed E-state index contributed by atoms with van der Waals surface area (Å²) in [6.07, 6.45) is 3.30. The first-order valence-electron chi connectivity index (χ1n) is 13.4. The zero-order valence-corrected chi connectivity index (χ0v) is 24.0. The topological polar surface area (TPSA) is 97.7 Å². The van der Waals surface area contributed by atoms with Crippen molar-refractivity contribution in [3.8, 4) is 28.7 Å². The number of para-hydroxylation sites is 1. The van der Waals surface area contributed by atoms with Gasteiger partial charge in [0.1, 0.15) is 28.7 Å². The van der Waals surface area contributed by atoms with E-state index in [1.165, 1.54) is 31.4 Å². The van der Waals surface area contributed by atoms with Crippen molar-refractivity contribution in [3.63, 3.8) is 0 Å². The lowest BCUT2D eigenvalue weighted by Gasteiger charge is -2.26. The van der Waals surface area contributed by atoms with Gasteiger partial charge in [-0.05, 0) is 61.4 Å². The van der Waals surface area contributed by atoms with Crippen LogP contribution in [0.3, 0.4) is 0 Å². The standard InChI is InChI=1S/C17H27NO3.C14H12O4.ClH/c1-2-3-12-20-16-5-7-17(8-6-16)21-13-4-9-18-10-14-19-15-11-18;1-18-9-6-7-11(13(16)8-9)14(17)10-4-2-3-5-12(10)15;/h5-8H,2-4,9-15H2,1H3;2-8,15-16H,1H3;1H. The number of aromatic hydroxyl groups is 2. The Morgan fingerprint density at radius 2 is 1.40 bits per heavy atom. The van der Waals surface area contributed by atoms with E-state index in [1.807, 2.05) is 24.3 Å². The van der Waals surface area contributed by atoms with Crippen LogP contribution in [0.1, 0.15) is 42.1 Å². The highest BCUT2D eigenvalue weighted by Gasteiger charge is 2.17. The summed E-state index contributed by atoms with van der Waals surface area (Å²) in [4.78, 5) is 14.6. The highest BCUT2D eigenvalue weighted by atomic mass is 35.5. The number of phenolic OH excluding ortho intramolecular Hbond substituents is 2. The summed E-state index contributed by atoms with van der Waals surface area (Å²) in [5.74, 6) is 1.57. The van der Waals surface area contributed by atoms with E-state index in [0.29, 0.717) is 5.75 Å². The van der Waals surface area contributed by atoms with Crippen LogP contribution in [0.4, 0.5) is 0 Å². The molecule has 0 aliphatic carbocycles. The predicted molar refractivity (Wildman–Crippen MR) is 158 cm³/mol. The van der Waals surface area contributed by atoms with Crippen LogP contribution in [0.15, 0.2) is 66.7 Å². The third-order valence-corrected chi connectivity index (χ3v) is 6.18. The number of unbranched alkanes of at least 4 members (excludes halogenated alkanes) is 1. The number of hydrogen-bond donors (Lipinski definition) is 2. The van der Waals surface area contributed by atoms with E-state index in [9.17, 15) is 15.0 Å². The van der Waals surface area contributed by atoms with E-state index in [1.54, 1.807) is 18.2 Å². The number of phenols is 2. The largest absolute Gasteiger partial charge is 0.507 e. The second-order valence-electron chi connectivity index (χ2n) is 9.06. The van der Waals surface area contributed by atoms with Crippen LogP contribution in [0, 0.1) is 0 Å². The number of halogens is 1. The van der Waals surface area contributed by atoms with E-state index in [0.717, 1.165) is 76.8 Å². The number of nitrogens with zero attached hydrogens (tertiary/aromatic N) is 1. The molecule has 0 bridgehead atoms. The van der Waals surface area contributed by atoms with Crippen molar-refractivity contribution in [2.45, 2.75) is 26.2 Å². The average molecular weight is 574 g/mol. The van der Waals surface area contributed by atoms with Gasteiger partial charge in [0.25, 0.3) is 0 Å². The van der Waals surface area contributed by atoms with Crippen LogP contribution in [0.25, 0.3) is 0 Å². The Balaban J connectivity index is 0.000000276. The lowest BCUT2D eigenvalue weighted by Crippen LogP contribution is -2.37. The Morgan fingerprint density at radius 1 is 0.825 bits per heavy atom. The molecular weight excluding hydrogens is 534 g/mol. The van der Waals surface area contributed by atoms with Crippen LogP contribution in [-0.2, 0) is 4.74 Å². The van der Waals surface area contributed by atoms with Gasteiger partial charge in [-0.25, -0.2) is 0 Å². The summed E-state index contributed by atoms with van der Waals surface area (Å²) in [5, 5.41) is 19.4. The van der Waals surface area contributed by atoms with Gasteiger partial charge in [-0.2, -0.15) is 0 Å². The molecule has 0 spiro atoms. The lowest BCUT2D eigenvalue weighted by atomic mass is 10.0. The Labute approximate surface area is 242 Å². The van der Waals surface area contributed by atoms with Gasteiger partial charge in [0, 0.05) is 25.7 Å². The van der Waals surface area contributed by atoms with Crippen molar-refractivity contribution in [2.24, 2.45) is 0 Å². The molecule has 3 aromatic carbocycles. The van der Waals surface area contributed by atoms with Crippen molar-refractivity contribution in [1.29, 1.82) is 0 Å². The SMILES string of the molecule is CCCCOc1ccc(OCCCN2CCOCC2)cc1.COc1ccc(C(=O)c2ccccc2O)c(O)c1.Cl. The van der Waals surface area contributed by atoms with Crippen molar-refractivity contribution in [1.82, 2.24) is 4.90 Å². The van der Waals surface area contributed by atoms with Crippen LogP contribution in [-0.4, -0.2) is 74.1 Å². The third-order valence-electron chi connectivity index (χ3n) is 6.18. The van der Waals surface area contributed by atoms with Gasteiger partial charge >= 0.3 is 0 Å². The minimum atomic E-state index is -0.437. The molecule has 1 aliphatic rings. The lowest BCUT2D eigenvalue weighted by molar-refractivity contribution is 0.0358. The molecule has 3 aromatic rings. The maximum absolute atomic E-state index is 12.1. The number of carbonyl (C=O) groups excluding carboxylic acids is 1. The van der Waals surface area contributed by atoms with Crippen molar-refractivity contribution in [3.05, 3.63) is 77.9 Å². The third kappa shape index (κ3) is 10.6. The van der Waals surface area contributed by atoms with Gasteiger partial charge < -0.3 is 29.2 Å². The van der Waals surface area contributed by atoms with Crippen LogP contribution in [0.5, 0.6) is 28.7 Å². The van der Waals surface area contributed by atoms with Crippen LogP contribution >= 0.6 is 12.4 Å². The molecule has 1 saturated heterocycles. The van der Waals surface area contributed by atoms with Gasteiger partial charge in [-0.3, -0.25) is 9.69 Å². The number of morpholine rings is 1. The van der Waals surface area contributed by atoms with Crippen LogP contribution in [0.2, 0.25) is 0 Å². The molecule has 9 heteroatoms.